The summed E-state index contributed by atoms with van der Waals surface area (Å²) in [6.45, 7) is 0. The minimum Gasteiger partial charge on any atom is -0.268 e. The van der Waals surface area contributed by atoms with Crippen molar-refractivity contribution in [3.8, 4) is 0 Å². The summed E-state index contributed by atoms with van der Waals surface area (Å²) in [4.78, 5) is 3.88. The number of benzene rings is 1. The Labute approximate surface area is 121 Å². The standard InChI is InChI=1S/C13H12ClFN2O2S/c1-17(12-4-2-3-11(15)7-12)20(18,19)13-6-5-10(8-14)9-16-13/h2-7,9H,8H2,1H3. The lowest BCUT2D eigenvalue weighted by atomic mass is 10.3. The van der Waals surface area contributed by atoms with Gasteiger partial charge in [-0.15, -0.1) is 11.6 Å². The highest BCUT2D eigenvalue weighted by Gasteiger charge is 2.22. The zero-order valence-corrected chi connectivity index (χ0v) is 12.2. The van der Waals surface area contributed by atoms with Crippen molar-refractivity contribution < 1.29 is 12.8 Å². The number of sulfonamides is 1. The Morgan fingerprint density at radius 3 is 2.60 bits per heavy atom. The van der Waals surface area contributed by atoms with Gasteiger partial charge in [0, 0.05) is 19.1 Å². The molecule has 2 aromatic rings. The van der Waals surface area contributed by atoms with Gasteiger partial charge >= 0.3 is 0 Å². The Morgan fingerprint density at radius 1 is 1.30 bits per heavy atom. The highest BCUT2D eigenvalue weighted by molar-refractivity contribution is 7.92. The van der Waals surface area contributed by atoms with E-state index in [0.29, 0.717) is 0 Å². The Balaban J connectivity index is 2.38. The fraction of sp³-hybridized carbons (Fsp3) is 0.154. The third-order valence-electron chi connectivity index (χ3n) is 2.75. The molecule has 106 valence electrons. The molecule has 0 fully saturated rings. The molecule has 0 radical (unpaired) electrons. The maximum atomic E-state index is 13.2. The number of alkyl halides is 1. The molecule has 0 aliphatic rings. The second-order valence-electron chi connectivity index (χ2n) is 4.09. The fourth-order valence-electron chi connectivity index (χ4n) is 1.59. The van der Waals surface area contributed by atoms with E-state index < -0.39 is 15.8 Å². The summed E-state index contributed by atoms with van der Waals surface area (Å²) in [7, 11) is -2.47. The lowest BCUT2D eigenvalue weighted by Gasteiger charge is -2.18. The van der Waals surface area contributed by atoms with Gasteiger partial charge < -0.3 is 0 Å². The normalized spacial score (nSPS) is 11.3. The van der Waals surface area contributed by atoms with Gasteiger partial charge in [0.15, 0.2) is 5.03 Å². The van der Waals surface area contributed by atoms with Crippen molar-refractivity contribution in [3.63, 3.8) is 0 Å². The summed E-state index contributed by atoms with van der Waals surface area (Å²) in [5.74, 6) is -0.248. The van der Waals surface area contributed by atoms with E-state index in [-0.39, 0.29) is 16.6 Å². The van der Waals surface area contributed by atoms with Gasteiger partial charge in [-0.05, 0) is 29.8 Å². The van der Waals surface area contributed by atoms with Crippen LogP contribution in [0.5, 0.6) is 0 Å². The Bertz CT molecular complexity index is 705. The molecule has 7 heteroatoms. The van der Waals surface area contributed by atoms with Gasteiger partial charge in [-0.1, -0.05) is 12.1 Å². The molecule has 0 N–H and O–H groups in total. The van der Waals surface area contributed by atoms with Crippen molar-refractivity contribution in [1.29, 1.82) is 0 Å². The van der Waals surface area contributed by atoms with Gasteiger partial charge in [0.2, 0.25) is 0 Å². The first-order valence-corrected chi connectivity index (χ1v) is 7.68. The lowest BCUT2D eigenvalue weighted by Crippen LogP contribution is -2.27. The molecule has 0 atom stereocenters. The molecule has 0 aliphatic heterocycles. The van der Waals surface area contributed by atoms with E-state index in [4.69, 9.17) is 11.6 Å². The predicted molar refractivity (Wildman–Crippen MR) is 75.8 cm³/mol. The number of aromatic nitrogens is 1. The van der Waals surface area contributed by atoms with E-state index in [0.717, 1.165) is 15.9 Å². The fourth-order valence-corrected chi connectivity index (χ4v) is 2.85. The van der Waals surface area contributed by atoms with Gasteiger partial charge in [0.25, 0.3) is 10.0 Å². The van der Waals surface area contributed by atoms with Crippen LogP contribution in [0.4, 0.5) is 10.1 Å². The molecule has 1 aromatic heterocycles. The number of rotatable bonds is 4. The number of anilines is 1. The Kier molecular flexibility index (Phi) is 4.25. The molecular formula is C13H12ClFN2O2S. The van der Waals surface area contributed by atoms with Gasteiger partial charge in [-0.2, -0.15) is 8.42 Å². The van der Waals surface area contributed by atoms with E-state index in [2.05, 4.69) is 4.98 Å². The topological polar surface area (TPSA) is 50.3 Å². The van der Waals surface area contributed by atoms with Crippen molar-refractivity contribution in [2.75, 3.05) is 11.4 Å². The second kappa shape index (κ2) is 5.76. The first kappa shape index (κ1) is 14.7. The highest BCUT2D eigenvalue weighted by Crippen LogP contribution is 2.21. The first-order valence-electron chi connectivity index (χ1n) is 5.70. The van der Waals surface area contributed by atoms with Gasteiger partial charge in [0.05, 0.1) is 5.69 Å². The number of pyridine rings is 1. The van der Waals surface area contributed by atoms with Crippen LogP contribution in [0.15, 0.2) is 47.6 Å². The van der Waals surface area contributed by atoms with Crippen molar-refractivity contribution in [2.24, 2.45) is 0 Å². The molecule has 0 aliphatic carbocycles. The number of nitrogens with zero attached hydrogens (tertiary/aromatic N) is 2. The third-order valence-corrected chi connectivity index (χ3v) is 4.76. The van der Waals surface area contributed by atoms with Gasteiger partial charge in [0.1, 0.15) is 5.82 Å². The molecule has 1 aromatic carbocycles. The highest BCUT2D eigenvalue weighted by atomic mass is 35.5. The minimum absolute atomic E-state index is 0.113. The van der Waals surface area contributed by atoms with Gasteiger partial charge in [-0.25, -0.2) is 9.37 Å². The van der Waals surface area contributed by atoms with Crippen LogP contribution in [-0.2, 0) is 15.9 Å². The van der Waals surface area contributed by atoms with Crippen LogP contribution in [0, 0.1) is 5.82 Å². The lowest BCUT2D eigenvalue weighted by molar-refractivity contribution is 0.590. The molecule has 0 saturated carbocycles. The summed E-state index contributed by atoms with van der Waals surface area (Å²) in [5, 5.41) is -0.113. The maximum Gasteiger partial charge on any atom is 0.281 e. The molecular weight excluding hydrogens is 303 g/mol. The van der Waals surface area contributed by atoms with Crippen LogP contribution in [0.25, 0.3) is 0 Å². The maximum absolute atomic E-state index is 13.2. The summed E-state index contributed by atoms with van der Waals surface area (Å²) in [6, 6.07) is 8.31. The minimum atomic E-state index is -3.82. The average Bonchev–Trinajstić information content (AvgIpc) is 2.46. The van der Waals surface area contributed by atoms with E-state index in [1.165, 1.54) is 37.5 Å². The predicted octanol–water partition coefficient (Wildman–Crippen LogP) is 2.78. The van der Waals surface area contributed by atoms with E-state index in [1.54, 1.807) is 6.07 Å². The van der Waals surface area contributed by atoms with E-state index in [9.17, 15) is 12.8 Å². The Morgan fingerprint density at radius 2 is 2.05 bits per heavy atom. The van der Waals surface area contributed by atoms with Crippen LogP contribution in [0.2, 0.25) is 0 Å². The largest absolute Gasteiger partial charge is 0.281 e. The van der Waals surface area contributed by atoms with Crippen molar-refractivity contribution in [2.45, 2.75) is 10.9 Å². The summed E-state index contributed by atoms with van der Waals surface area (Å²) >= 11 is 5.63. The molecule has 0 amide bonds. The van der Waals surface area contributed by atoms with Crippen LogP contribution in [-0.4, -0.2) is 20.4 Å². The van der Waals surface area contributed by atoms with Gasteiger partial charge in [-0.3, -0.25) is 4.31 Å². The van der Waals surface area contributed by atoms with Crippen LogP contribution in [0.3, 0.4) is 0 Å². The van der Waals surface area contributed by atoms with Crippen LogP contribution < -0.4 is 4.31 Å². The molecule has 4 nitrogen and oxygen atoms in total. The first-order chi connectivity index (χ1) is 9.45. The molecule has 0 spiro atoms. The quantitative estimate of drug-likeness (QED) is 0.815. The number of hydrogen-bond acceptors (Lipinski definition) is 3. The summed E-state index contributed by atoms with van der Waals surface area (Å²) < 4.78 is 38.9. The van der Waals surface area contributed by atoms with Crippen LogP contribution >= 0.6 is 11.6 Å². The second-order valence-corrected chi connectivity index (χ2v) is 6.27. The van der Waals surface area contributed by atoms with Crippen molar-refractivity contribution in [1.82, 2.24) is 4.98 Å². The number of hydrogen-bond donors (Lipinski definition) is 0. The number of halogens is 2. The SMILES string of the molecule is CN(c1cccc(F)c1)S(=O)(=O)c1ccc(CCl)cn1. The molecule has 0 unspecified atom stereocenters. The third kappa shape index (κ3) is 2.91. The summed E-state index contributed by atoms with van der Waals surface area (Å²) in [5.41, 5.74) is 0.951. The monoisotopic (exact) mass is 314 g/mol. The Hall–Kier alpha value is -1.66. The molecule has 0 saturated heterocycles. The molecule has 1 heterocycles. The van der Waals surface area contributed by atoms with E-state index in [1.807, 2.05) is 0 Å². The zero-order valence-electron chi connectivity index (χ0n) is 10.6. The van der Waals surface area contributed by atoms with Crippen molar-refractivity contribution >= 4 is 27.3 Å². The molecule has 2 rings (SSSR count). The zero-order chi connectivity index (χ0) is 14.8. The van der Waals surface area contributed by atoms with Crippen LogP contribution in [0.1, 0.15) is 5.56 Å². The molecule has 20 heavy (non-hydrogen) atoms. The smallest absolute Gasteiger partial charge is 0.268 e. The molecule has 0 bridgehead atoms. The summed E-state index contributed by atoms with van der Waals surface area (Å²) in [6.07, 6.45) is 1.40. The van der Waals surface area contributed by atoms with E-state index >= 15 is 0 Å². The van der Waals surface area contributed by atoms with Crippen molar-refractivity contribution in [3.05, 3.63) is 54.0 Å². The average molecular weight is 315 g/mol.